The third kappa shape index (κ3) is 12.4. The van der Waals surface area contributed by atoms with Gasteiger partial charge in [0.2, 0.25) is 0 Å². The molecule has 1 unspecified atom stereocenters. The van der Waals surface area contributed by atoms with Crippen LogP contribution in [0.5, 0.6) is 0 Å². The van der Waals surface area contributed by atoms with E-state index in [0.717, 1.165) is 23.6 Å². The number of rotatable bonds is 9. The van der Waals surface area contributed by atoms with E-state index < -0.39 is 9.84 Å². The van der Waals surface area contributed by atoms with Crippen molar-refractivity contribution in [3.63, 3.8) is 0 Å². The first kappa shape index (κ1) is 24.5. The van der Waals surface area contributed by atoms with Gasteiger partial charge in [-0.15, -0.1) is 35.7 Å². The van der Waals surface area contributed by atoms with Crippen LogP contribution in [0.2, 0.25) is 0 Å². The number of nitrogens with zero attached hydrogens (tertiary/aromatic N) is 1. The van der Waals surface area contributed by atoms with Crippen LogP contribution in [-0.4, -0.2) is 51.8 Å². The fourth-order valence-corrected chi connectivity index (χ4v) is 3.53. The van der Waals surface area contributed by atoms with Crippen molar-refractivity contribution in [2.75, 3.05) is 31.4 Å². The highest BCUT2D eigenvalue weighted by atomic mass is 127. The lowest BCUT2D eigenvalue weighted by atomic mass is 10.3. The van der Waals surface area contributed by atoms with Crippen LogP contribution in [0, 0.1) is 5.82 Å². The minimum Gasteiger partial charge on any atom is -0.356 e. The van der Waals surface area contributed by atoms with E-state index in [4.69, 9.17) is 0 Å². The van der Waals surface area contributed by atoms with Crippen molar-refractivity contribution in [3.8, 4) is 0 Å². The molecule has 1 atom stereocenters. The Hall–Kier alpha value is -0.550. The van der Waals surface area contributed by atoms with Gasteiger partial charge in [-0.3, -0.25) is 4.99 Å². The summed E-state index contributed by atoms with van der Waals surface area (Å²) in [6, 6.07) is 6.50. The molecule has 9 heteroatoms. The maximum Gasteiger partial charge on any atom is 0.191 e. The Balaban J connectivity index is 0.00000576. The van der Waals surface area contributed by atoms with Gasteiger partial charge in [0.25, 0.3) is 0 Å². The number of thioether (sulfide) groups is 1. The fourth-order valence-electron chi connectivity index (χ4n) is 1.89. The van der Waals surface area contributed by atoms with Crippen LogP contribution < -0.4 is 10.6 Å². The largest absolute Gasteiger partial charge is 0.356 e. The molecule has 0 bridgehead atoms. The SMILES string of the molecule is CN=C(NCCCSc1ccc(F)cc1)NC(C)CCS(C)(=O)=O.I. The molecular formula is C16H27FIN3O2S2. The lowest BCUT2D eigenvalue weighted by Gasteiger charge is -2.17. The number of hydrogen-bond acceptors (Lipinski definition) is 4. The van der Waals surface area contributed by atoms with Crippen LogP contribution in [-0.2, 0) is 9.84 Å². The van der Waals surface area contributed by atoms with Crippen molar-refractivity contribution in [2.45, 2.75) is 30.7 Å². The number of hydrogen-bond donors (Lipinski definition) is 2. The topological polar surface area (TPSA) is 70.6 Å². The van der Waals surface area contributed by atoms with E-state index in [1.54, 1.807) is 30.9 Å². The van der Waals surface area contributed by atoms with Gasteiger partial charge in [-0.05, 0) is 49.8 Å². The van der Waals surface area contributed by atoms with Gasteiger partial charge in [-0.2, -0.15) is 0 Å². The molecular weight excluding hydrogens is 476 g/mol. The Labute approximate surface area is 171 Å². The summed E-state index contributed by atoms with van der Waals surface area (Å²) < 4.78 is 35.2. The van der Waals surface area contributed by atoms with Crippen LogP contribution in [0.3, 0.4) is 0 Å². The monoisotopic (exact) mass is 503 g/mol. The zero-order valence-corrected chi connectivity index (χ0v) is 18.8. The van der Waals surface area contributed by atoms with E-state index in [-0.39, 0.29) is 41.6 Å². The van der Waals surface area contributed by atoms with E-state index in [0.29, 0.717) is 12.4 Å². The van der Waals surface area contributed by atoms with Gasteiger partial charge in [0, 0.05) is 30.8 Å². The van der Waals surface area contributed by atoms with E-state index in [1.165, 1.54) is 18.4 Å². The maximum atomic E-state index is 12.8. The summed E-state index contributed by atoms with van der Waals surface area (Å²) in [5.41, 5.74) is 0. The Bertz CT molecular complexity index is 625. The highest BCUT2D eigenvalue weighted by Gasteiger charge is 2.09. The van der Waals surface area contributed by atoms with Gasteiger partial charge in [-0.1, -0.05) is 0 Å². The van der Waals surface area contributed by atoms with Gasteiger partial charge in [0.15, 0.2) is 5.96 Å². The van der Waals surface area contributed by atoms with Crippen LogP contribution in [0.1, 0.15) is 19.8 Å². The van der Waals surface area contributed by atoms with E-state index in [1.807, 2.05) is 6.92 Å². The summed E-state index contributed by atoms with van der Waals surface area (Å²) in [5.74, 6) is 1.52. The maximum absolute atomic E-state index is 12.8. The van der Waals surface area contributed by atoms with Crippen molar-refractivity contribution in [1.29, 1.82) is 0 Å². The van der Waals surface area contributed by atoms with Gasteiger partial charge in [0.1, 0.15) is 15.7 Å². The predicted molar refractivity (Wildman–Crippen MR) is 115 cm³/mol. The second-order valence-electron chi connectivity index (χ2n) is 5.62. The van der Waals surface area contributed by atoms with Crippen molar-refractivity contribution in [2.24, 2.45) is 4.99 Å². The Morgan fingerprint density at radius 3 is 2.52 bits per heavy atom. The van der Waals surface area contributed by atoms with Crippen molar-refractivity contribution < 1.29 is 12.8 Å². The average molecular weight is 503 g/mol. The lowest BCUT2D eigenvalue weighted by molar-refractivity contribution is 0.581. The number of sulfone groups is 1. The van der Waals surface area contributed by atoms with Gasteiger partial charge in [-0.25, -0.2) is 12.8 Å². The van der Waals surface area contributed by atoms with Crippen LogP contribution in [0.15, 0.2) is 34.2 Å². The summed E-state index contributed by atoms with van der Waals surface area (Å²) in [7, 11) is -1.26. The van der Waals surface area contributed by atoms with Crippen LogP contribution >= 0.6 is 35.7 Å². The van der Waals surface area contributed by atoms with Crippen molar-refractivity contribution in [3.05, 3.63) is 30.1 Å². The number of nitrogens with one attached hydrogen (secondary N) is 2. The minimum atomic E-state index is -2.94. The average Bonchev–Trinajstić information content (AvgIpc) is 2.52. The van der Waals surface area contributed by atoms with E-state index in [9.17, 15) is 12.8 Å². The van der Waals surface area contributed by atoms with E-state index in [2.05, 4.69) is 15.6 Å². The summed E-state index contributed by atoms with van der Waals surface area (Å²) in [6.07, 6.45) is 2.71. The van der Waals surface area contributed by atoms with Gasteiger partial charge >= 0.3 is 0 Å². The molecule has 1 aromatic rings. The molecule has 0 amide bonds. The summed E-state index contributed by atoms with van der Waals surface area (Å²) >= 11 is 1.68. The Morgan fingerprint density at radius 1 is 1.32 bits per heavy atom. The molecule has 1 rings (SSSR count). The first-order valence-corrected chi connectivity index (χ1v) is 10.9. The second-order valence-corrected chi connectivity index (χ2v) is 9.05. The second kappa shape index (κ2) is 12.7. The molecule has 144 valence electrons. The van der Waals surface area contributed by atoms with Gasteiger partial charge < -0.3 is 10.6 Å². The predicted octanol–water partition coefficient (Wildman–Crippen LogP) is 2.91. The van der Waals surface area contributed by atoms with Crippen LogP contribution in [0.25, 0.3) is 0 Å². The third-order valence-electron chi connectivity index (χ3n) is 3.22. The molecule has 0 spiro atoms. The van der Waals surface area contributed by atoms with Crippen molar-refractivity contribution in [1.82, 2.24) is 10.6 Å². The molecule has 25 heavy (non-hydrogen) atoms. The summed E-state index contributed by atoms with van der Waals surface area (Å²) in [6.45, 7) is 2.69. The smallest absolute Gasteiger partial charge is 0.191 e. The molecule has 0 aliphatic heterocycles. The fraction of sp³-hybridized carbons (Fsp3) is 0.562. The summed E-state index contributed by atoms with van der Waals surface area (Å²) in [4.78, 5) is 5.18. The molecule has 0 aliphatic rings. The Morgan fingerprint density at radius 2 is 1.96 bits per heavy atom. The lowest BCUT2D eigenvalue weighted by Crippen LogP contribution is -2.43. The minimum absolute atomic E-state index is 0. The first-order chi connectivity index (χ1) is 11.3. The molecule has 0 saturated carbocycles. The molecule has 5 nitrogen and oxygen atoms in total. The molecule has 0 aromatic heterocycles. The molecule has 1 aromatic carbocycles. The summed E-state index contributed by atoms with van der Waals surface area (Å²) in [5, 5.41) is 6.39. The molecule has 0 saturated heterocycles. The highest BCUT2D eigenvalue weighted by Crippen LogP contribution is 2.18. The molecule has 2 N–H and O–H groups in total. The normalized spacial score (nSPS) is 13.0. The standard InChI is InChI=1S/C16H26FN3O2S2.HI/c1-13(9-12-24(3,21)22)20-16(18-2)19-10-4-11-23-15-7-5-14(17)6-8-15;/h5-8,13H,4,9-12H2,1-3H3,(H2,18,19,20);1H. The molecule has 0 fully saturated rings. The zero-order valence-electron chi connectivity index (χ0n) is 14.8. The number of benzene rings is 1. The Kier molecular flexibility index (Phi) is 12.5. The molecule has 0 heterocycles. The van der Waals surface area contributed by atoms with Gasteiger partial charge in [0.05, 0.1) is 5.75 Å². The molecule has 0 aliphatic carbocycles. The van der Waals surface area contributed by atoms with Crippen molar-refractivity contribution >= 4 is 51.5 Å². The van der Waals surface area contributed by atoms with Crippen LogP contribution in [0.4, 0.5) is 4.39 Å². The third-order valence-corrected chi connectivity index (χ3v) is 5.30. The molecule has 0 radical (unpaired) electrons. The number of halogens is 2. The quantitative estimate of drug-likeness (QED) is 0.178. The highest BCUT2D eigenvalue weighted by molar-refractivity contribution is 14.0. The van der Waals surface area contributed by atoms with E-state index >= 15 is 0 Å². The zero-order chi connectivity index (χ0) is 18.0. The number of guanidine groups is 1. The first-order valence-electron chi connectivity index (χ1n) is 7.83. The number of aliphatic imine (C=N–C) groups is 1.